The molecule has 2 aromatic rings. The Morgan fingerprint density at radius 3 is 0.519 bits per heavy atom. The second kappa shape index (κ2) is 21.3. The molecule has 0 heterocycles. The standard InChI is InChI=1S/2C24H44P2.2Pd/c2*1-21(2,3)25(22(4,5)6)17-19-14-13-15-20(16-19)18-26(23(7,8)9)24(10,11)12;;/h2*13-16H,17-18H2,1-12H3;;/p+4. The van der Waals surface area contributed by atoms with Gasteiger partial charge in [-0.2, -0.15) is 0 Å². The molecule has 0 radical (unpaired) electrons. The van der Waals surface area contributed by atoms with Crippen LogP contribution in [0.25, 0.3) is 0 Å². The summed E-state index contributed by atoms with van der Waals surface area (Å²) in [5.74, 6) is 0. The SMILES string of the molecule is CC(C)(C)[PH+](Cc1cccc(C[PH+](C(C)(C)C)C(C)(C)C)c1)C(C)(C)C.CC(C)(C)[PH+](Cc1cccc(C[PH+](C(C)(C)C)C(C)(C)C)c1)C(C)(C)C.[Pd].[Pd]. The van der Waals surface area contributed by atoms with Crippen LogP contribution in [0.4, 0.5) is 0 Å². The van der Waals surface area contributed by atoms with Gasteiger partial charge in [-0.15, -0.1) is 0 Å². The van der Waals surface area contributed by atoms with Crippen LogP contribution in [-0.2, 0) is 65.5 Å². The number of rotatable bonds is 8. The molecule has 2 aromatic carbocycles. The van der Waals surface area contributed by atoms with Crippen LogP contribution in [0.3, 0.4) is 0 Å². The van der Waals surface area contributed by atoms with Crippen molar-refractivity contribution < 1.29 is 40.8 Å². The Morgan fingerprint density at radius 2 is 0.407 bits per heavy atom. The summed E-state index contributed by atoms with van der Waals surface area (Å²) in [5.41, 5.74) is 6.24. The first-order valence-electron chi connectivity index (χ1n) is 20.5. The van der Waals surface area contributed by atoms with E-state index < -0.39 is 31.7 Å². The Bertz CT molecular complexity index is 1110. The van der Waals surface area contributed by atoms with Crippen LogP contribution in [0.2, 0.25) is 0 Å². The van der Waals surface area contributed by atoms with E-state index >= 15 is 0 Å². The minimum Gasteiger partial charge on any atom is -0.0614 e. The molecule has 320 valence electrons. The van der Waals surface area contributed by atoms with Crippen LogP contribution in [0.15, 0.2) is 48.5 Å². The predicted octanol–water partition coefficient (Wildman–Crippen LogP) is 16.6. The predicted molar refractivity (Wildman–Crippen MR) is 259 cm³/mol. The van der Waals surface area contributed by atoms with Gasteiger partial charge in [-0.05, 0) is 201 Å². The van der Waals surface area contributed by atoms with Gasteiger partial charge in [0.15, 0.2) is 0 Å². The van der Waals surface area contributed by atoms with Crippen molar-refractivity contribution in [3.8, 4) is 0 Å². The summed E-state index contributed by atoms with van der Waals surface area (Å²) in [6, 6.07) is 19.1. The first-order chi connectivity index (χ1) is 22.8. The third-order valence-electron chi connectivity index (χ3n) is 10.7. The summed E-state index contributed by atoms with van der Waals surface area (Å²) >= 11 is 0. The molecule has 6 heteroatoms. The van der Waals surface area contributed by atoms with Crippen molar-refractivity contribution in [2.24, 2.45) is 0 Å². The van der Waals surface area contributed by atoms with Crippen LogP contribution in [-0.4, -0.2) is 41.2 Å². The van der Waals surface area contributed by atoms with Crippen molar-refractivity contribution in [2.75, 3.05) is 0 Å². The minimum atomic E-state index is -0.520. The van der Waals surface area contributed by atoms with Gasteiger partial charge in [0.05, 0.1) is 65.9 Å². The van der Waals surface area contributed by atoms with E-state index in [9.17, 15) is 0 Å². The zero-order valence-corrected chi connectivity index (χ0v) is 47.2. The molecule has 0 atom stereocenters. The molecule has 0 bridgehead atoms. The molecule has 0 fully saturated rings. The zero-order chi connectivity index (χ0) is 41.1. The van der Waals surface area contributed by atoms with Crippen molar-refractivity contribution in [2.45, 2.75) is 232 Å². The quantitative estimate of drug-likeness (QED) is 0.183. The molecule has 0 amide bonds. The van der Waals surface area contributed by atoms with Crippen LogP contribution in [0, 0.1) is 0 Å². The molecular weight excluding hydrogens is 913 g/mol. The van der Waals surface area contributed by atoms with E-state index in [0.717, 1.165) is 0 Å². The first kappa shape index (κ1) is 57.6. The van der Waals surface area contributed by atoms with E-state index in [1.807, 2.05) is 0 Å². The van der Waals surface area contributed by atoms with E-state index in [2.05, 4.69) is 215 Å². The first-order valence-corrected chi connectivity index (χ1v) is 27.3. The summed E-state index contributed by atoms with van der Waals surface area (Å²) in [4.78, 5) is 0. The minimum absolute atomic E-state index is 0. The number of hydrogen-bond acceptors (Lipinski definition) is 0. The van der Waals surface area contributed by atoms with Crippen LogP contribution < -0.4 is 0 Å². The van der Waals surface area contributed by atoms with Gasteiger partial charge in [0.1, 0.15) is 0 Å². The van der Waals surface area contributed by atoms with Crippen molar-refractivity contribution in [1.82, 2.24) is 0 Å². The molecule has 2 rings (SSSR count). The maximum Gasteiger partial charge on any atom is 0.0830 e. The van der Waals surface area contributed by atoms with Crippen molar-refractivity contribution in [3.63, 3.8) is 0 Å². The summed E-state index contributed by atoms with van der Waals surface area (Å²) in [5, 5.41) is 3.37. The molecule has 0 saturated carbocycles. The van der Waals surface area contributed by atoms with Gasteiger partial charge in [-0.3, -0.25) is 0 Å². The Hall–Kier alpha value is 1.48. The molecule has 0 saturated heterocycles. The summed E-state index contributed by atoms with van der Waals surface area (Å²) in [6.07, 6.45) is 5.11. The molecule has 0 N–H and O–H groups in total. The second-order valence-electron chi connectivity index (χ2n) is 24.3. The fraction of sp³-hybridized carbons (Fsp3) is 0.750. The summed E-state index contributed by atoms with van der Waals surface area (Å²) in [7, 11) is -2.08. The Balaban J connectivity index is 0. The molecule has 0 spiro atoms. The fourth-order valence-corrected chi connectivity index (χ4v) is 24.9. The van der Waals surface area contributed by atoms with E-state index in [1.54, 1.807) is 22.3 Å². The third-order valence-corrected chi connectivity index (χ3v) is 28.3. The molecule has 0 aliphatic rings. The van der Waals surface area contributed by atoms with Crippen LogP contribution in [0.1, 0.15) is 188 Å². The third kappa shape index (κ3) is 20.2. The van der Waals surface area contributed by atoms with Gasteiger partial charge in [0.2, 0.25) is 0 Å². The van der Waals surface area contributed by atoms with Crippen molar-refractivity contribution >= 4 is 31.7 Å². The van der Waals surface area contributed by atoms with Crippen molar-refractivity contribution in [3.05, 3.63) is 70.8 Å². The topological polar surface area (TPSA) is 0 Å². The largest absolute Gasteiger partial charge is 0.0830 e. The van der Waals surface area contributed by atoms with Gasteiger partial charge >= 0.3 is 0 Å². The monoisotopic (exact) mass is 1000 g/mol. The van der Waals surface area contributed by atoms with Crippen LogP contribution in [0.5, 0.6) is 0 Å². The summed E-state index contributed by atoms with van der Waals surface area (Å²) < 4.78 is 0. The summed E-state index contributed by atoms with van der Waals surface area (Å²) in [6.45, 7) is 58.6. The zero-order valence-electron chi connectivity index (χ0n) is 40.1. The maximum absolute atomic E-state index is 2.53. The molecule has 54 heavy (non-hydrogen) atoms. The van der Waals surface area contributed by atoms with Gasteiger partial charge in [-0.25, -0.2) is 0 Å². The van der Waals surface area contributed by atoms with Gasteiger partial charge < -0.3 is 0 Å². The molecule has 0 aliphatic carbocycles. The smallest absolute Gasteiger partial charge is 0.0614 e. The molecular formula is C48H92P4Pd2+4. The van der Waals surface area contributed by atoms with Crippen molar-refractivity contribution in [1.29, 1.82) is 0 Å². The normalized spacial score (nSPS) is 13.9. The Labute approximate surface area is 372 Å². The Morgan fingerprint density at radius 1 is 0.278 bits per heavy atom. The van der Waals surface area contributed by atoms with E-state index in [-0.39, 0.29) is 40.8 Å². The van der Waals surface area contributed by atoms with Crippen LogP contribution >= 0.6 is 31.7 Å². The van der Waals surface area contributed by atoms with E-state index in [1.165, 1.54) is 24.6 Å². The van der Waals surface area contributed by atoms with Gasteiger partial charge in [0, 0.05) is 72.5 Å². The van der Waals surface area contributed by atoms with Gasteiger partial charge in [0.25, 0.3) is 0 Å². The fourth-order valence-electron chi connectivity index (χ4n) is 9.14. The average Bonchev–Trinajstić information content (AvgIpc) is 2.88. The molecule has 0 aromatic heterocycles. The average molecular weight is 1010 g/mol. The van der Waals surface area contributed by atoms with E-state index in [0.29, 0.717) is 41.2 Å². The molecule has 0 unspecified atom stereocenters. The molecule has 0 nitrogen and oxygen atoms in total. The number of hydrogen-bond donors (Lipinski definition) is 0. The van der Waals surface area contributed by atoms with E-state index in [4.69, 9.17) is 0 Å². The van der Waals surface area contributed by atoms with Gasteiger partial charge in [-0.1, -0.05) is 36.4 Å². The number of benzene rings is 2. The Kier molecular flexibility index (Phi) is 22.7. The second-order valence-corrected chi connectivity index (χ2v) is 41.5. The molecule has 0 aliphatic heterocycles. The maximum atomic E-state index is 2.53.